The highest BCUT2D eigenvalue weighted by Gasteiger charge is 2.30. The first-order valence-electron chi connectivity index (χ1n) is 9.42. The van der Waals surface area contributed by atoms with Gasteiger partial charge in [-0.1, -0.05) is 0 Å². The predicted molar refractivity (Wildman–Crippen MR) is 103 cm³/mol. The average Bonchev–Trinajstić information content (AvgIpc) is 3.12. The highest BCUT2D eigenvalue weighted by atomic mass is 35.5. The summed E-state index contributed by atoms with van der Waals surface area (Å²) in [5, 5.41) is 6.34. The fourth-order valence-electron chi connectivity index (χ4n) is 3.60. The molecule has 0 spiro atoms. The molecule has 2 fully saturated rings. The molecule has 2 amide bonds. The lowest BCUT2D eigenvalue weighted by atomic mass is 9.96. The summed E-state index contributed by atoms with van der Waals surface area (Å²) in [5.41, 5.74) is 0. The van der Waals surface area contributed by atoms with Gasteiger partial charge >= 0.3 is 0 Å². The van der Waals surface area contributed by atoms with Crippen LogP contribution >= 0.6 is 12.4 Å². The van der Waals surface area contributed by atoms with Crippen LogP contribution in [0.4, 0.5) is 0 Å². The quantitative estimate of drug-likeness (QED) is 0.734. The van der Waals surface area contributed by atoms with Crippen molar-refractivity contribution in [2.45, 2.75) is 64.6 Å². The SMILES string of the molecule is CC(C(=O)N(C)C(C)C)N1CCCC(CNC(=O)C2CCCN2)C1.Cl. The maximum atomic E-state index is 12.5. The van der Waals surface area contributed by atoms with Crippen molar-refractivity contribution in [3.63, 3.8) is 0 Å². The lowest BCUT2D eigenvalue weighted by Gasteiger charge is -2.38. The zero-order valence-corrected chi connectivity index (χ0v) is 16.9. The summed E-state index contributed by atoms with van der Waals surface area (Å²) in [6, 6.07) is 0.121. The second kappa shape index (κ2) is 10.3. The summed E-state index contributed by atoms with van der Waals surface area (Å²) in [5.74, 6) is 0.752. The number of hydrogen-bond acceptors (Lipinski definition) is 4. The second-order valence-electron chi connectivity index (χ2n) is 7.62. The van der Waals surface area contributed by atoms with Gasteiger partial charge in [0, 0.05) is 26.2 Å². The van der Waals surface area contributed by atoms with Gasteiger partial charge in [-0.25, -0.2) is 0 Å². The van der Waals surface area contributed by atoms with Gasteiger partial charge in [-0.2, -0.15) is 0 Å². The van der Waals surface area contributed by atoms with E-state index in [0.717, 1.165) is 45.3 Å². The summed E-state index contributed by atoms with van der Waals surface area (Å²) in [6.07, 6.45) is 4.23. The molecule has 2 aliphatic rings. The molecule has 2 aliphatic heterocycles. The summed E-state index contributed by atoms with van der Waals surface area (Å²) < 4.78 is 0. The average molecular weight is 375 g/mol. The predicted octanol–water partition coefficient (Wildman–Crippen LogP) is 1.24. The van der Waals surface area contributed by atoms with Gasteiger partial charge in [0.2, 0.25) is 11.8 Å². The van der Waals surface area contributed by atoms with Gasteiger partial charge in [0.25, 0.3) is 0 Å². The van der Waals surface area contributed by atoms with Crippen molar-refractivity contribution in [1.29, 1.82) is 0 Å². The van der Waals surface area contributed by atoms with Gasteiger partial charge in [0.1, 0.15) is 0 Å². The molecule has 3 unspecified atom stereocenters. The molecule has 25 heavy (non-hydrogen) atoms. The van der Waals surface area contributed by atoms with Gasteiger partial charge in [0.15, 0.2) is 0 Å². The van der Waals surface area contributed by atoms with Crippen molar-refractivity contribution < 1.29 is 9.59 Å². The van der Waals surface area contributed by atoms with E-state index in [2.05, 4.69) is 15.5 Å². The van der Waals surface area contributed by atoms with E-state index in [1.165, 1.54) is 0 Å². The number of nitrogens with zero attached hydrogens (tertiary/aromatic N) is 2. The van der Waals surface area contributed by atoms with E-state index in [1.54, 1.807) is 0 Å². The third-order valence-electron chi connectivity index (χ3n) is 5.52. The molecular weight excluding hydrogens is 340 g/mol. The van der Waals surface area contributed by atoms with Crippen molar-refractivity contribution in [3.8, 4) is 0 Å². The van der Waals surface area contributed by atoms with Crippen LogP contribution in [0.15, 0.2) is 0 Å². The number of carbonyl (C=O) groups excluding carboxylic acids is 2. The van der Waals surface area contributed by atoms with E-state index in [0.29, 0.717) is 12.5 Å². The van der Waals surface area contributed by atoms with Crippen LogP contribution in [0.5, 0.6) is 0 Å². The molecule has 2 heterocycles. The minimum atomic E-state index is -0.0904. The van der Waals surface area contributed by atoms with Crippen LogP contribution in [0.25, 0.3) is 0 Å². The first kappa shape index (κ1) is 22.2. The first-order chi connectivity index (χ1) is 11.4. The summed E-state index contributed by atoms with van der Waals surface area (Å²) in [6.45, 7) is 9.59. The standard InChI is InChI=1S/C18H34N4O2.ClH/c1-13(2)21(4)18(24)14(3)22-10-6-7-15(12-22)11-20-17(23)16-8-5-9-19-16;/h13-16,19H,5-12H2,1-4H3,(H,20,23);1H. The molecule has 7 heteroatoms. The van der Waals surface area contributed by atoms with Gasteiger partial charge in [-0.3, -0.25) is 14.5 Å². The Morgan fingerprint density at radius 3 is 2.56 bits per heavy atom. The molecule has 0 aromatic carbocycles. The molecule has 146 valence electrons. The third-order valence-corrected chi connectivity index (χ3v) is 5.52. The van der Waals surface area contributed by atoms with Gasteiger partial charge in [0.05, 0.1) is 12.1 Å². The monoisotopic (exact) mass is 374 g/mol. The molecule has 2 saturated heterocycles. The molecule has 0 saturated carbocycles. The summed E-state index contributed by atoms with van der Waals surface area (Å²) in [7, 11) is 1.87. The largest absolute Gasteiger partial charge is 0.354 e. The van der Waals surface area contributed by atoms with Crippen LogP contribution in [-0.2, 0) is 9.59 Å². The molecule has 0 aromatic heterocycles. The Labute approximate surface area is 158 Å². The van der Waals surface area contributed by atoms with Crippen LogP contribution in [0, 0.1) is 5.92 Å². The Morgan fingerprint density at radius 1 is 1.24 bits per heavy atom. The van der Waals surface area contributed by atoms with E-state index in [4.69, 9.17) is 0 Å². The number of rotatable bonds is 6. The molecule has 2 N–H and O–H groups in total. The van der Waals surface area contributed by atoms with Gasteiger partial charge < -0.3 is 15.5 Å². The topological polar surface area (TPSA) is 64.7 Å². The third kappa shape index (κ3) is 6.12. The normalized spacial score (nSPS) is 25.3. The molecule has 6 nitrogen and oxygen atoms in total. The van der Waals surface area contributed by atoms with Crippen LogP contribution in [-0.4, -0.2) is 73.0 Å². The lowest BCUT2D eigenvalue weighted by molar-refractivity contribution is -0.137. The lowest BCUT2D eigenvalue weighted by Crippen LogP contribution is -2.52. The Morgan fingerprint density at radius 2 is 1.96 bits per heavy atom. The molecular formula is C18H35ClN4O2. The number of likely N-dealkylation sites (tertiary alicyclic amines) is 1. The van der Waals surface area contributed by atoms with Crippen molar-refractivity contribution >= 4 is 24.2 Å². The minimum absolute atomic E-state index is 0. The molecule has 0 aromatic rings. The second-order valence-corrected chi connectivity index (χ2v) is 7.62. The van der Waals surface area contributed by atoms with Crippen molar-refractivity contribution in [2.24, 2.45) is 5.92 Å². The number of likely N-dealkylation sites (N-methyl/N-ethyl adjacent to an activating group) is 1. The van der Waals surface area contributed by atoms with Crippen LogP contribution in [0.2, 0.25) is 0 Å². The van der Waals surface area contributed by atoms with Crippen LogP contribution < -0.4 is 10.6 Å². The fraction of sp³-hybridized carbons (Fsp3) is 0.889. The highest BCUT2D eigenvalue weighted by Crippen LogP contribution is 2.19. The van der Waals surface area contributed by atoms with E-state index < -0.39 is 0 Å². The van der Waals surface area contributed by atoms with E-state index >= 15 is 0 Å². The fourth-order valence-corrected chi connectivity index (χ4v) is 3.60. The van der Waals surface area contributed by atoms with E-state index in [1.807, 2.05) is 32.7 Å². The number of hydrogen-bond donors (Lipinski definition) is 2. The first-order valence-corrected chi connectivity index (χ1v) is 9.42. The zero-order valence-electron chi connectivity index (χ0n) is 16.1. The smallest absolute Gasteiger partial charge is 0.239 e. The maximum Gasteiger partial charge on any atom is 0.239 e. The van der Waals surface area contributed by atoms with E-state index in [-0.39, 0.29) is 42.3 Å². The highest BCUT2D eigenvalue weighted by molar-refractivity contribution is 5.85. The number of halogens is 1. The number of carbonyl (C=O) groups is 2. The minimum Gasteiger partial charge on any atom is -0.354 e. The number of nitrogens with one attached hydrogen (secondary N) is 2. The summed E-state index contributed by atoms with van der Waals surface area (Å²) >= 11 is 0. The molecule has 2 rings (SSSR count). The van der Waals surface area contributed by atoms with Crippen molar-refractivity contribution in [2.75, 3.05) is 33.2 Å². The Kier molecular flexibility index (Phi) is 9.17. The molecule has 0 radical (unpaired) electrons. The maximum absolute atomic E-state index is 12.5. The van der Waals surface area contributed by atoms with E-state index in [9.17, 15) is 9.59 Å². The Hall–Kier alpha value is -0.850. The van der Waals surface area contributed by atoms with Crippen molar-refractivity contribution in [1.82, 2.24) is 20.4 Å². The zero-order chi connectivity index (χ0) is 17.7. The van der Waals surface area contributed by atoms with Crippen molar-refractivity contribution in [3.05, 3.63) is 0 Å². The van der Waals surface area contributed by atoms with Gasteiger partial charge in [-0.05, 0) is 65.5 Å². The van der Waals surface area contributed by atoms with Crippen LogP contribution in [0.3, 0.4) is 0 Å². The molecule has 0 bridgehead atoms. The summed E-state index contributed by atoms with van der Waals surface area (Å²) in [4.78, 5) is 28.8. The number of amides is 2. The molecule has 3 atom stereocenters. The molecule has 0 aliphatic carbocycles. The Balaban J connectivity index is 0.00000312. The van der Waals surface area contributed by atoms with Crippen LogP contribution in [0.1, 0.15) is 46.5 Å². The van der Waals surface area contributed by atoms with Gasteiger partial charge in [-0.15, -0.1) is 12.4 Å². The number of piperidine rings is 1. The Bertz CT molecular complexity index is 441.